The van der Waals surface area contributed by atoms with E-state index >= 15 is 0 Å². The highest BCUT2D eigenvalue weighted by atomic mass is 16.6. The lowest BCUT2D eigenvalue weighted by Gasteiger charge is -2.41. The number of nitrogens with zero attached hydrogens (tertiary/aromatic N) is 1. The first-order valence-electron chi connectivity index (χ1n) is 10.1. The third-order valence-electron chi connectivity index (χ3n) is 4.98. The molecule has 2 heterocycles. The Morgan fingerprint density at radius 2 is 2.04 bits per heavy atom. The number of likely N-dealkylation sites (tertiary alicyclic amines) is 1. The van der Waals surface area contributed by atoms with Gasteiger partial charge in [-0.15, -0.1) is 0 Å². The van der Waals surface area contributed by atoms with E-state index in [4.69, 9.17) is 18.9 Å². The number of esters is 1. The average Bonchev–Trinajstić information content (AvgIpc) is 2.60. The number of benzene rings is 1. The van der Waals surface area contributed by atoms with E-state index in [1.807, 2.05) is 45.0 Å². The van der Waals surface area contributed by atoms with E-state index < -0.39 is 5.60 Å². The van der Waals surface area contributed by atoms with Gasteiger partial charge in [0, 0.05) is 18.5 Å². The van der Waals surface area contributed by atoms with Crippen LogP contribution in [0, 0.1) is 5.41 Å². The third-order valence-corrected chi connectivity index (χ3v) is 4.98. The molecule has 6 nitrogen and oxygen atoms in total. The molecule has 0 N–H and O–H groups in total. The summed E-state index contributed by atoms with van der Waals surface area (Å²) < 4.78 is 23.0. The van der Waals surface area contributed by atoms with Gasteiger partial charge in [-0.25, -0.2) is 4.79 Å². The fraction of sp³-hybridized carbons (Fsp3) is 0.682. The third kappa shape index (κ3) is 6.11. The molecule has 28 heavy (non-hydrogen) atoms. The first-order valence-corrected chi connectivity index (χ1v) is 10.1. The van der Waals surface area contributed by atoms with Gasteiger partial charge in [0.1, 0.15) is 24.9 Å². The maximum absolute atomic E-state index is 11.8. The molecule has 1 saturated heterocycles. The van der Waals surface area contributed by atoms with E-state index in [0.717, 1.165) is 44.0 Å². The van der Waals surface area contributed by atoms with Crippen molar-refractivity contribution in [2.24, 2.45) is 5.41 Å². The van der Waals surface area contributed by atoms with Crippen LogP contribution in [0.5, 0.6) is 11.5 Å². The van der Waals surface area contributed by atoms with Gasteiger partial charge in [0.05, 0.1) is 6.61 Å². The molecule has 0 unspecified atom stereocenters. The first-order chi connectivity index (χ1) is 13.2. The molecule has 1 aromatic rings. The molecule has 0 aromatic heterocycles. The Hall–Kier alpha value is -1.79. The molecule has 0 amide bonds. The fourth-order valence-electron chi connectivity index (χ4n) is 3.89. The molecule has 2 atom stereocenters. The first kappa shape index (κ1) is 20.9. The summed E-state index contributed by atoms with van der Waals surface area (Å²) >= 11 is 0. The van der Waals surface area contributed by atoms with Crippen molar-refractivity contribution in [3.8, 4) is 11.5 Å². The smallest absolute Gasteiger partial charge is 0.332 e. The Morgan fingerprint density at radius 1 is 1.29 bits per heavy atom. The Labute approximate surface area is 168 Å². The molecule has 3 rings (SSSR count). The zero-order valence-corrected chi connectivity index (χ0v) is 17.5. The number of para-hydroxylation sites is 2. The minimum absolute atomic E-state index is 0.00319. The minimum Gasteiger partial charge on any atom is -0.486 e. The molecular weight excluding hydrogens is 358 g/mol. The lowest BCUT2D eigenvalue weighted by Crippen LogP contribution is -2.49. The second kappa shape index (κ2) is 8.70. The van der Waals surface area contributed by atoms with Crippen molar-refractivity contribution >= 4 is 5.97 Å². The van der Waals surface area contributed by atoms with Gasteiger partial charge in [-0.1, -0.05) is 19.1 Å². The highest BCUT2D eigenvalue weighted by molar-refractivity contribution is 5.71. The summed E-state index contributed by atoms with van der Waals surface area (Å²) in [5.41, 5.74) is -0.458. The van der Waals surface area contributed by atoms with Crippen LogP contribution >= 0.6 is 0 Å². The van der Waals surface area contributed by atoms with Crippen molar-refractivity contribution in [2.45, 2.75) is 52.2 Å². The van der Waals surface area contributed by atoms with E-state index in [1.165, 1.54) is 0 Å². The molecule has 2 aliphatic heterocycles. The van der Waals surface area contributed by atoms with Crippen LogP contribution in [0.1, 0.15) is 40.5 Å². The van der Waals surface area contributed by atoms with Gasteiger partial charge in [0.2, 0.25) is 0 Å². The van der Waals surface area contributed by atoms with Gasteiger partial charge in [-0.05, 0) is 52.3 Å². The van der Waals surface area contributed by atoms with Gasteiger partial charge < -0.3 is 18.9 Å². The van der Waals surface area contributed by atoms with Crippen molar-refractivity contribution < 1.29 is 23.7 Å². The lowest BCUT2D eigenvalue weighted by atomic mass is 9.82. The number of rotatable bonds is 6. The van der Waals surface area contributed by atoms with Crippen molar-refractivity contribution in [2.75, 3.05) is 39.5 Å². The van der Waals surface area contributed by atoms with Crippen LogP contribution in [0.4, 0.5) is 0 Å². The summed E-state index contributed by atoms with van der Waals surface area (Å²) in [6, 6.07) is 7.80. The van der Waals surface area contributed by atoms with Crippen LogP contribution in [0.2, 0.25) is 0 Å². The Bertz CT molecular complexity index is 671. The molecule has 0 spiro atoms. The maximum atomic E-state index is 11.8. The predicted molar refractivity (Wildman–Crippen MR) is 107 cm³/mol. The van der Waals surface area contributed by atoms with Crippen LogP contribution in [-0.4, -0.2) is 62.0 Å². The number of carbonyl (C=O) groups excluding carboxylic acids is 1. The second-order valence-corrected chi connectivity index (χ2v) is 9.23. The summed E-state index contributed by atoms with van der Waals surface area (Å²) in [4.78, 5) is 14.3. The normalized spacial score (nSPS) is 25.4. The van der Waals surface area contributed by atoms with E-state index in [1.54, 1.807) is 0 Å². The standard InChI is InChI=1S/C22H33NO5/c1-21(2,3)28-20(24)14-25-16-22(4)10-7-11-23(15-22)12-17-13-26-18-8-5-6-9-19(18)27-17/h5-6,8-9,17H,7,10-16H2,1-4H3/t17-,22-/m0/s1. The predicted octanol–water partition coefficient (Wildman–Crippen LogP) is 3.29. The molecule has 1 fully saturated rings. The molecule has 0 bridgehead atoms. The van der Waals surface area contributed by atoms with Gasteiger partial charge in [-0.3, -0.25) is 4.90 Å². The van der Waals surface area contributed by atoms with Crippen LogP contribution in [-0.2, 0) is 14.3 Å². The zero-order chi connectivity index (χ0) is 20.2. The lowest BCUT2D eigenvalue weighted by molar-refractivity contribution is -0.161. The summed E-state index contributed by atoms with van der Waals surface area (Å²) in [6.07, 6.45) is 2.22. The van der Waals surface area contributed by atoms with Gasteiger partial charge in [-0.2, -0.15) is 0 Å². The molecular formula is C22H33NO5. The van der Waals surface area contributed by atoms with Gasteiger partial charge in [0.25, 0.3) is 0 Å². The second-order valence-electron chi connectivity index (χ2n) is 9.23. The van der Waals surface area contributed by atoms with Gasteiger partial charge in [0.15, 0.2) is 11.5 Å². The Kier molecular flexibility index (Phi) is 6.50. The van der Waals surface area contributed by atoms with Crippen LogP contribution in [0.15, 0.2) is 24.3 Å². The van der Waals surface area contributed by atoms with E-state index in [9.17, 15) is 4.79 Å². The number of hydrogen-bond donors (Lipinski definition) is 0. The Morgan fingerprint density at radius 3 is 2.79 bits per heavy atom. The van der Waals surface area contributed by atoms with Gasteiger partial charge >= 0.3 is 5.97 Å². The fourth-order valence-corrected chi connectivity index (χ4v) is 3.89. The molecule has 0 aliphatic carbocycles. The molecule has 6 heteroatoms. The number of ether oxygens (including phenoxy) is 4. The average molecular weight is 392 g/mol. The Balaban J connectivity index is 1.45. The van der Waals surface area contributed by atoms with Crippen molar-refractivity contribution in [3.05, 3.63) is 24.3 Å². The quantitative estimate of drug-likeness (QED) is 0.694. The van der Waals surface area contributed by atoms with E-state index in [2.05, 4.69) is 11.8 Å². The SMILES string of the molecule is CC(C)(C)OC(=O)COC[C@@]1(C)CCCN(C[C@H]2COc3ccccc3O2)C1. The number of hydrogen-bond acceptors (Lipinski definition) is 6. The molecule has 0 radical (unpaired) electrons. The van der Waals surface area contributed by atoms with Crippen molar-refractivity contribution in [1.29, 1.82) is 0 Å². The zero-order valence-electron chi connectivity index (χ0n) is 17.5. The molecule has 0 saturated carbocycles. The van der Waals surface area contributed by atoms with Crippen molar-refractivity contribution in [1.82, 2.24) is 4.90 Å². The topological polar surface area (TPSA) is 57.2 Å². The number of piperidine rings is 1. The maximum Gasteiger partial charge on any atom is 0.332 e. The van der Waals surface area contributed by atoms with E-state index in [0.29, 0.717) is 13.2 Å². The summed E-state index contributed by atoms with van der Waals surface area (Å²) in [5, 5.41) is 0. The molecule has 2 aliphatic rings. The monoisotopic (exact) mass is 391 g/mol. The molecule has 1 aromatic carbocycles. The highest BCUT2D eigenvalue weighted by Gasteiger charge is 2.34. The van der Waals surface area contributed by atoms with E-state index in [-0.39, 0.29) is 24.1 Å². The minimum atomic E-state index is -0.479. The highest BCUT2D eigenvalue weighted by Crippen LogP contribution is 2.33. The summed E-state index contributed by atoms with van der Waals surface area (Å²) in [5.74, 6) is 1.33. The number of carbonyl (C=O) groups is 1. The van der Waals surface area contributed by atoms with Crippen LogP contribution in [0.3, 0.4) is 0 Å². The largest absolute Gasteiger partial charge is 0.486 e. The van der Waals surface area contributed by atoms with Crippen LogP contribution in [0.25, 0.3) is 0 Å². The van der Waals surface area contributed by atoms with Crippen LogP contribution < -0.4 is 9.47 Å². The summed E-state index contributed by atoms with van der Waals surface area (Å²) in [7, 11) is 0. The molecule has 156 valence electrons. The number of fused-ring (bicyclic) bond motifs is 1. The summed E-state index contributed by atoms with van der Waals surface area (Å²) in [6.45, 7) is 11.7. The van der Waals surface area contributed by atoms with Crippen molar-refractivity contribution in [3.63, 3.8) is 0 Å².